The summed E-state index contributed by atoms with van der Waals surface area (Å²) in [6.45, 7) is 6.57. The van der Waals surface area contributed by atoms with E-state index in [1.807, 2.05) is 0 Å². The molecule has 0 radical (unpaired) electrons. The van der Waals surface area contributed by atoms with E-state index in [4.69, 9.17) is 0 Å². The van der Waals surface area contributed by atoms with Crippen molar-refractivity contribution in [1.29, 1.82) is 0 Å². The van der Waals surface area contributed by atoms with E-state index < -0.39 is 11.4 Å². The molecule has 0 aliphatic rings. The number of rotatable bonds is 16. The minimum atomic E-state index is -0.543. The van der Waals surface area contributed by atoms with Crippen LogP contribution in [-0.2, 0) is 4.79 Å². The first kappa shape index (κ1) is 21.5. The van der Waals surface area contributed by atoms with Gasteiger partial charge in [-0.15, -0.1) is 0 Å². The molecule has 0 aromatic carbocycles. The van der Waals surface area contributed by atoms with Crippen molar-refractivity contribution in [1.82, 2.24) is 0 Å². The van der Waals surface area contributed by atoms with Gasteiger partial charge >= 0.3 is 5.97 Å². The first-order valence-electron chi connectivity index (χ1n) is 9.86. The van der Waals surface area contributed by atoms with Crippen LogP contribution in [-0.4, -0.2) is 11.1 Å². The molecule has 0 aromatic rings. The second-order valence-electron chi connectivity index (χ2n) is 7.02. The molecule has 0 aromatic heterocycles. The number of carbonyl (C=O) groups is 1. The Balaban J connectivity index is 4.23. The second-order valence-corrected chi connectivity index (χ2v) is 7.02. The molecule has 0 fully saturated rings. The molecule has 2 nitrogen and oxygen atoms in total. The third kappa shape index (κ3) is 9.48. The van der Waals surface area contributed by atoms with Crippen molar-refractivity contribution in [2.75, 3.05) is 0 Å². The molecule has 0 aliphatic carbocycles. The van der Waals surface area contributed by atoms with Crippen molar-refractivity contribution in [3.8, 4) is 0 Å². The van der Waals surface area contributed by atoms with Crippen LogP contribution < -0.4 is 0 Å². The van der Waals surface area contributed by atoms with Crippen LogP contribution in [0.2, 0.25) is 0 Å². The van der Waals surface area contributed by atoms with Crippen LogP contribution in [0.1, 0.15) is 117 Å². The fourth-order valence-electron chi connectivity index (χ4n) is 3.49. The van der Waals surface area contributed by atoms with Gasteiger partial charge in [-0.3, -0.25) is 4.79 Å². The van der Waals surface area contributed by atoms with Crippen molar-refractivity contribution >= 4 is 5.97 Å². The summed E-state index contributed by atoms with van der Waals surface area (Å²) in [5.41, 5.74) is -0.439. The van der Waals surface area contributed by atoms with E-state index in [2.05, 4.69) is 20.8 Å². The van der Waals surface area contributed by atoms with Crippen LogP contribution in [0.4, 0.5) is 0 Å². The molecule has 1 N–H and O–H groups in total. The van der Waals surface area contributed by atoms with E-state index in [1.54, 1.807) is 0 Å². The standard InChI is InChI=1S/C20H40O2/c1-4-7-9-11-13-15-18-20(16-6-3,19(21)22)17-14-12-10-8-5-2/h4-18H2,1-3H3,(H,21,22). The number of hydrogen-bond acceptors (Lipinski definition) is 1. The van der Waals surface area contributed by atoms with Gasteiger partial charge in [0, 0.05) is 0 Å². The lowest BCUT2D eigenvalue weighted by Gasteiger charge is -2.29. The van der Waals surface area contributed by atoms with Gasteiger partial charge in [0.05, 0.1) is 5.41 Å². The molecule has 0 bridgehead atoms. The molecule has 0 aliphatic heterocycles. The molecule has 0 rings (SSSR count). The quantitative estimate of drug-likeness (QED) is 0.312. The number of carboxylic acid groups (broad SMARTS) is 1. The summed E-state index contributed by atoms with van der Waals surface area (Å²) < 4.78 is 0. The molecule has 1 unspecified atom stereocenters. The van der Waals surface area contributed by atoms with Gasteiger partial charge in [0.25, 0.3) is 0 Å². The summed E-state index contributed by atoms with van der Waals surface area (Å²) >= 11 is 0. The normalized spacial score (nSPS) is 14.0. The summed E-state index contributed by atoms with van der Waals surface area (Å²) in [5, 5.41) is 9.80. The fourth-order valence-corrected chi connectivity index (χ4v) is 3.49. The summed E-state index contributed by atoms with van der Waals surface area (Å²) in [6, 6.07) is 0. The Hall–Kier alpha value is -0.530. The number of hydrogen-bond donors (Lipinski definition) is 1. The van der Waals surface area contributed by atoms with E-state index in [-0.39, 0.29) is 0 Å². The average Bonchev–Trinajstić information content (AvgIpc) is 2.50. The first-order valence-corrected chi connectivity index (χ1v) is 9.86. The van der Waals surface area contributed by atoms with Gasteiger partial charge in [0.1, 0.15) is 0 Å². The highest BCUT2D eigenvalue weighted by atomic mass is 16.4. The molecule has 2 heteroatoms. The Bertz CT molecular complexity index is 262. The van der Waals surface area contributed by atoms with E-state index >= 15 is 0 Å². The van der Waals surface area contributed by atoms with Crippen LogP contribution in [0, 0.1) is 5.41 Å². The SMILES string of the molecule is CCCCCCCCC(CCC)(CCCCCCC)C(=O)O. The Labute approximate surface area is 139 Å². The highest BCUT2D eigenvalue weighted by Gasteiger charge is 2.36. The van der Waals surface area contributed by atoms with Gasteiger partial charge in [-0.2, -0.15) is 0 Å². The van der Waals surface area contributed by atoms with Crippen molar-refractivity contribution in [2.45, 2.75) is 117 Å². The Morgan fingerprint density at radius 3 is 1.41 bits per heavy atom. The first-order chi connectivity index (χ1) is 10.6. The molecule has 0 saturated heterocycles. The van der Waals surface area contributed by atoms with Crippen LogP contribution in [0.5, 0.6) is 0 Å². The van der Waals surface area contributed by atoms with Crippen molar-refractivity contribution in [3.63, 3.8) is 0 Å². The van der Waals surface area contributed by atoms with Gasteiger partial charge in [0.15, 0.2) is 0 Å². The van der Waals surface area contributed by atoms with Crippen LogP contribution >= 0.6 is 0 Å². The number of unbranched alkanes of at least 4 members (excludes halogenated alkanes) is 9. The van der Waals surface area contributed by atoms with E-state index in [0.29, 0.717) is 0 Å². The third-order valence-corrected chi connectivity index (χ3v) is 4.95. The molecule has 0 amide bonds. The smallest absolute Gasteiger partial charge is 0.309 e. The highest BCUT2D eigenvalue weighted by Crippen LogP contribution is 2.37. The molecule has 0 saturated carbocycles. The van der Waals surface area contributed by atoms with Gasteiger partial charge in [-0.25, -0.2) is 0 Å². The van der Waals surface area contributed by atoms with Crippen LogP contribution in [0.25, 0.3) is 0 Å². The van der Waals surface area contributed by atoms with Crippen molar-refractivity contribution in [2.24, 2.45) is 5.41 Å². The van der Waals surface area contributed by atoms with Gasteiger partial charge in [-0.05, 0) is 19.3 Å². The van der Waals surface area contributed by atoms with Crippen LogP contribution in [0.15, 0.2) is 0 Å². The monoisotopic (exact) mass is 312 g/mol. The predicted molar refractivity (Wildman–Crippen MR) is 96.3 cm³/mol. The topological polar surface area (TPSA) is 37.3 Å². The maximum atomic E-state index is 11.9. The Kier molecular flexibility index (Phi) is 13.7. The van der Waals surface area contributed by atoms with E-state index in [1.165, 1.54) is 57.8 Å². The average molecular weight is 313 g/mol. The molecular weight excluding hydrogens is 272 g/mol. The largest absolute Gasteiger partial charge is 0.481 e. The Morgan fingerprint density at radius 2 is 1.05 bits per heavy atom. The molecule has 22 heavy (non-hydrogen) atoms. The van der Waals surface area contributed by atoms with Gasteiger partial charge in [-0.1, -0.05) is 97.8 Å². The van der Waals surface area contributed by atoms with E-state index in [0.717, 1.165) is 38.5 Å². The summed E-state index contributed by atoms with van der Waals surface area (Å²) in [4.78, 5) is 11.9. The summed E-state index contributed by atoms with van der Waals surface area (Å²) in [6.07, 6.45) is 17.1. The third-order valence-electron chi connectivity index (χ3n) is 4.95. The fraction of sp³-hybridized carbons (Fsp3) is 0.950. The molecule has 0 heterocycles. The van der Waals surface area contributed by atoms with Crippen molar-refractivity contribution in [3.05, 3.63) is 0 Å². The lowest BCUT2D eigenvalue weighted by atomic mass is 9.74. The maximum Gasteiger partial charge on any atom is 0.309 e. The lowest BCUT2D eigenvalue weighted by Crippen LogP contribution is -2.31. The zero-order valence-electron chi connectivity index (χ0n) is 15.5. The minimum absolute atomic E-state index is 0.439. The van der Waals surface area contributed by atoms with E-state index in [9.17, 15) is 9.90 Å². The van der Waals surface area contributed by atoms with Gasteiger partial charge < -0.3 is 5.11 Å². The predicted octanol–water partition coefficient (Wildman–Crippen LogP) is 6.97. The maximum absolute atomic E-state index is 11.9. The second kappa shape index (κ2) is 14.1. The number of aliphatic carboxylic acids is 1. The minimum Gasteiger partial charge on any atom is -0.481 e. The van der Waals surface area contributed by atoms with Crippen molar-refractivity contribution < 1.29 is 9.90 Å². The zero-order chi connectivity index (χ0) is 16.7. The van der Waals surface area contributed by atoms with Crippen LogP contribution in [0.3, 0.4) is 0 Å². The molecular formula is C20H40O2. The zero-order valence-corrected chi connectivity index (χ0v) is 15.5. The molecule has 1 atom stereocenters. The summed E-state index contributed by atoms with van der Waals surface area (Å²) in [7, 11) is 0. The van der Waals surface area contributed by atoms with Gasteiger partial charge in [0.2, 0.25) is 0 Å². The lowest BCUT2D eigenvalue weighted by molar-refractivity contribution is -0.150. The summed E-state index contributed by atoms with van der Waals surface area (Å²) in [5.74, 6) is -0.543. The number of carboxylic acids is 1. The molecule has 0 spiro atoms. The highest BCUT2D eigenvalue weighted by molar-refractivity contribution is 5.74. The molecule has 132 valence electrons. The Morgan fingerprint density at radius 1 is 0.636 bits per heavy atom.